The molecule has 0 radical (unpaired) electrons. The fraction of sp³-hybridized carbons (Fsp3) is 0.286. The van der Waals surface area contributed by atoms with Gasteiger partial charge < -0.3 is 0 Å². The summed E-state index contributed by atoms with van der Waals surface area (Å²) in [5, 5.41) is 0. The molecule has 72 valence electrons. The number of nitrogens with one attached hydrogen (secondary N) is 1. The highest BCUT2D eigenvalue weighted by Crippen LogP contribution is 2.09. The Morgan fingerprint density at radius 1 is 1.54 bits per heavy atom. The molecule has 0 saturated carbocycles. The molecule has 1 atom stereocenters. The Labute approximate surface area is 82.8 Å². The highest BCUT2D eigenvalue weighted by molar-refractivity contribution is 8.05. The number of pyridine rings is 1. The van der Waals surface area contributed by atoms with Gasteiger partial charge in [-0.15, -0.1) is 0 Å². The number of nitrogens with zero attached hydrogens (tertiary/aromatic N) is 1. The molecule has 0 saturated heterocycles. The van der Waals surface area contributed by atoms with Gasteiger partial charge in [-0.25, -0.2) is 13.4 Å². The third-order valence-electron chi connectivity index (χ3n) is 1.36. The van der Waals surface area contributed by atoms with Crippen molar-refractivity contribution in [1.29, 1.82) is 0 Å². The molecule has 1 heterocycles. The summed E-state index contributed by atoms with van der Waals surface area (Å²) < 4.78 is 24.1. The minimum Gasteiger partial charge on any atom is -0.266 e. The van der Waals surface area contributed by atoms with Crippen LogP contribution in [0.5, 0.6) is 0 Å². The van der Waals surface area contributed by atoms with Crippen molar-refractivity contribution >= 4 is 28.5 Å². The SMILES string of the molecule is CC(S)S(=O)(=O)Nc1ccccn1. The van der Waals surface area contributed by atoms with E-state index in [9.17, 15) is 8.42 Å². The number of aromatic nitrogens is 1. The largest absolute Gasteiger partial charge is 0.266 e. The van der Waals surface area contributed by atoms with Crippen molar-refractivity contribution in [3.05, 3.63) is 24.4 Å². The summed E-state index contributed by atoms with van der Waals surface area (Å²) in [6.45, 7) is 1.48. The van der Waals surface area contributed by atoms with Crippen LogP contribution in [0.4, 0.5) is 5.82 Å². The quantitative estimate of drug-likeness (QED) is 0.747. The fourth-order valence-electron chi connectivity index (χ4n) is 0.654. The van der Waals surface area contributed by atoms with Crippen molar-refractivity contribution < 1.29 is 8.42 Å². The second kappa shape index (κ2) is 3.97. The number of rotatable bonds is 3. The molecule has 0 fully saturated rings. The molecule has 1 aromatic rings. The van der Waals surface area contributed by atoms with Gasteiger partial charge in [-0.3, -0.25) is 4.72 Å². The Hall–Kier alpha value is -0.750. The highest BCUT2D eigenvalue weighted by Gasteiger charge is 2.16. The Kier molecular flexibility index (Phi) is 3.16. The Morgan fingerprint density at radius 3 is 2.69 bits per heavy atom. The maximum absolute atomic E-state index is 11.3. The van der Waals surface area contributed by atoms with E-state index >= 15 is 0 Å². The number of anilines is 1. The van der Waals surface area contributed by atoms with Crippen LogP contribution in [0.2, 0.25) is 0 Å². The van der Waals surface area contributed by atoms with Gasteiger partial charge in [0.05, 0.1) is 0 Å². The molecule has 0 aliphatic rings. The zero-order chi connectivity index (χ0) is 9.90. The van der Waals surface area contributed by atoms with Crippen LogP contribution in [0.3, 0.4) is 0 Å². The van der Waals surface area contributed by atoms with E-state index in [0.717, 1.165) is 0 Å². The Morgan fingerprint density at radius 2 is 2.23 bits per heavy atom. The van der Waals surface area contributed by atoms with Gasteiger partial charge in [0, 0.05) is 6.20 Å². The first-order chi connectivity index (χ1) is 6.02. The van der Waals surface area contributed by atoms with E-state index in [1.165, 1.54) is 13.1 Å². The molecule has 13 heavy (non-hydrogen) atoms. The second-order valence-corrected chi connectivity index (χ2v) is 5.59. The van der Waals surface area contributed by atoms with E-state index in [4.69, 9.17) is 0 Å². The first-order valence-electron chi connectivity index (χ1n) is 3.63. The van der Waals surface area contributed by atoms with Gasteiger partial charge in [-0.05, 0) is 19.1 Å². The van der Waals surface area contributed by atoms with Crippen LogP contribution < -0.4 is 4.72 Å². The smallest absolute Gasteiger partial charge is 0.245 e. The molecule has 0 bridgehead atoms. The molecular weight excluding hydrogens is 208 g/mol. The lowest BCUT2D eigenvalue weighted by Gasteiger charge is -2.08. The van der Waals surface area contributed by atoms with E-state index in [0.29, 0.717) is 5.82 Å². The Balaban J connectivity index is 2.82. The lowest BCUT2D eigenvalue weighted by molar-refractivity contribution is 0.600. The maximum atomic E-state index is 11.3. The van der Waals surface area contributed by atoms with Gasteiger partial charge in [0.1, 0.15) is 10.4 Å². The lowest BCUT2D eigenvalue weighted by atomic mass is 10.5. The Bertz CT molecular complexity index is 361. The van der Waals surface area contributed by atoms with E-state index in [1.807, 2.05) is 0 Å². The first-order valence-corrected chi connectivity index (χ1v) is 5.69. The summed E-state index contributed by atoms with van der Waals surface area (Å²) in [6, 6.07) is 4.99. The lowest BCUT2D eigenvalue weighted by Crippen LogP contribution is -2.21. The van der Waals surface area contributed by atoms with E-state index in [1.54, 1.807) is 18.2 Å². The van der Waals surface area contributed by atoms with Crippen LogP contribution in [0, 0.1) is 0 Å². The number of hydrogen-bond acceptors (Lipinski definition) is 4. The zero-order valence-electron chi connectivity index (χ0n) is 7.01. The van der Waals surface area contributed by atoms with Crippen molar-refractivity contribution in [2.45, 2.75) is 11.5 Å². The molecule has 1 N–H and O–H groups in total. The molecule has 1 aromatic heterocycles. The molecule has 0 aromatic carbocycles. The monoisotopic (exact) mass is 218 g/mol. The van der Waals surface area contributed by atoms with Crippen LogP contribution in [0.25, 0.3) is 0 Å². The van der Waals surface area contributed by atoms with E-state index in [2.05, 4.69) is 22.3 Å². The number of hydrogen-bond donors (Lipinski definition) is 2. The summed E-state index contributed by atoms with van der Waals surface area (Å²) in [6.07, 6.45) is 1.51. The van der Waals surface area contributed by atoms with Gasteiger partial charge in [0.2, 0.25) is 10.0 Å². The van der Waals surface area contributed by atoms with Crippen LogP contribution in [-0.2, 0) is 10.0 Å². The normalized spacial score (nSPS) is 13.7. The third-order valence-corrected chi connectivity index (χ3v) is 3.59. The van der Waals surface area contributed by atoms with Crippen LogP contribution in [-0.4, -0.2) is 18.0 Å². The molecule has 1 rings (SSSR count). The molecule has 0 amide bonds. The van der Waals surface area contributed by atoms with Gasteiger partial charge in [0.15, 0.2) is 0 Å². The standard InChI is InChI=1S/C7H10N2O2S2/c1-6(12)13(10,11)9-7-4-2-3-5-8-7/h2-6,12H,1H3,(H,8,9). The van der Waals surface area contributed by atoms with E-state index < -0.39 is 14.6 Å². The fourth-order valence-corrected chi connectivity index (χ4v) is 1.40. The van der Waals surface area contributed by atoms with Crippen molar-refractivity contribution in [1.82, 2.24) is 4.98 Å². The highest BCUT2D eigenvalue weighted by atomic mass is 32.3. The van der Waals surface area contributed by atoms with Gasteiger partial charge in [0.25, 0.3) is 0 Å². The van der Waals surface area contributed by atoms with Gasteiger partial charge in [-0.1, -0.05) is 6.07 Å². The second-order valence-electron chi connectivity index (χ2n) is 2.46. The van der Waals surface area contributed by atoms with Crippen molar-refractivity contribution in [3.8, 4) is 0 Å². The minimum atomic E-state index is -3.40. The maximum Gasteiger partial charge on any atom is 0.245 e. The summed E-state index contributed by atoms with van der Waals surface area (Å²) in [5.41, 5.74) is 0. The predicted octanol–water partition coefficient (Wildman–Crippen LogP) is 1.10. The van der Waals surface area contributed by atoms with Crippen molar-refractivity contribution in [2.75, 3.05) is 4.72 Å². The first kappa shape index (κ1) is 10.3. The molecule has 6 heteroatoms. The summed E-state index contributed by atoms with van der Waals surface area (Å²) >= 11 is 3.83. The van der Waals surface area contributed by atoms with Gasteiger partial charge in [-0.2, -0.15) is 12.6 Å². The molecule has 1 unspecified atom stereocenters. The summed E-state index contributed by atoms with van der Waals surface area (Å²) in [4.78, 5) is 3.82. The molecule has 0 spiro atoms. The molecular formula is C7H10N2O2S2. The van der Waals surface area contributed by atoms with Gasteiger partial charge >= 0.3 is 0 Å². The predicted molar refractivity (Wildman–Crippen MR) is 55.2 cm³/mol. The van der Waals surface area contributed by atoms with Crippen molar-refractivity contribution in [2.24, 2.45) is 0 Å². The minimum absolute atomic E-state index is 0.309. The van der Waals surface area contributed by atoms with Crippen LogP contribution >= 0.6 is 12.6 Å². The molecule has 0 aliphatic heterocycles. The number of thiol groups is 1. The average Bonchev–Trinajstić information content (AvgIpc) is 2.05. The molecule has 4 nitrogen and oxygen atoms in total. The zero-order valence-corrected chi connectivity index (χ0v) is 8.72. The topological polar surface area (TPSA) is 59.1 Å². The summed E-state index contributed by atoms with van der Waals surface area (Å²) in [5.74, 6) is 0.309. The average molecular weight is 218 g/mol. The third kappa shape index (κ3) is 2.89. The molecule has 0 aliphatic carbocycles. The van der Waals surface area contributed by atoms with Crippen LogP contribution in [0.15, 0.2) is 24.4 Å². The van der Waals surface area contributed by atoms with E-state index in [-0.39, 0.29) is 0 Å². The van der Waals surface area contributed by atoms with Crippen LogP contribution in [0.1, 0.15) is 6.92 Å². The van der Waals surface area contributed by atoms with Crippen molar-refractivity contribution in [3.63, 3.8) is 0 Å². The number of sulfonamides is 1. The summed E-state index contributed by atoms with van der Waals surface area (Å²) in [7, 11) is -3.40.